The molecule has 174 valence electrons. The van der Waals surface area contributed by atoms with E-state index in [1.807, 2.05) is 12.3 Å². The van der Waals surface area contributed by atoms with Crippen molar-refractivity contribution >= 4 is 38.4 Å². The summed E-state index contributed by atoms with van der Waals surface area (Å²) < 4.78 is 0. The van der Waals surface area contributed by atoms with Crippen LogP contribution in [0.3, 0.4) is 0 Å². The first-order valence-corrected chi connectivity index (χ1v) is 12.7. The Hall–Kier alpha value is -3.86. The lowest BCUT2D eigenvalue weighted by molar-refractivity contribution is 0.541. The van der Waals surface area contributed by atoms with Crippen LogP contribution in [0.1, 0.15) is 56.5 Å². The van der Waals surface area contributed by atoms with Crippen molar-refractivity contribution in [2.24, 2.45) is 0 Å². The highest BCUT2D eigenvalue weighted by Crippen LogP contribution is 2.38. The van der Waals surface area contributed by atoms with Gasteiger partial charge in [-0.05, 0) is 54.2 Å². The lowest BCUT2D eigenvalue weighted by Gasteiger charge is -2.19. The molecule has 3 heterocycles. The van der Waals surface area contributed by atoms with Gasteiger partial charge in [-0.1, -0.05) is 51.1 Å². The maximum atomic E-state index is 4.95. The van der Waals surface area contributed by atoms with Crippen molar-refractivity contribution in [2.75, 3.05) is 0 Å². The summed E-state index contributed by atoms with van der Waals surface area (Å²) in [4.78, 5) is 13.3. The van der Waals surface area contributed by atoms with Crippen molar-refractivity contribution in [1.29, 1.82) is 0 Å². The van der Waals surface area contributed by atoms with Crippen molar-refractivity contribution in [1.82, 2.24) is 25.6 Å². The van der Waals surface area contributed by atoms with Gasteiger partial charge in [-0.2, -0.15) is 0 Å². The number of rotatable bonds is 3. The molecule has 1 aliphatic carbocycles. The number of nitrogens with one attached hydrogen (secondary N) is 3. The molecule has 1 atom stereocenters. The van der Waals surface area contributed by atoms with Crippen molar-refractivity contribution in [3.8, 4) is 11.1 Å². The molecule has 35 heavy (non-hydrogen) atoms. The Bertz CT molecular complexity index is 1670. The van der Waals surface area contributed by atoms with E-state index in [2.05, 4.69) is 78.9 Å². The first-order chi connectivity index (χ1) is 17.1. The fourth-order valence-electron chi connectivity index (χ4n) is 5.71. The Morgan fingerprint density at radius 1 is 0.914 bits per heavy atom. The number of aromatic nitrogens is 3. The zero-order chi connectivity index (χ0) is 23.7. The van der Waals surface area contributed by atoms with Gasteiger partial charge in [0.1, 0.15) is 5.82 Å². The van der Waals surface area contributed by atoms with Crippen LogP contribution in [0.5, 0.6) is 0 Å². The Labute approximate surface area is 204 Å². The van der Waals surface area contributed by atoms with E-state index < -0.39 is 0 Å². The quantitative estimate of drug-likeness (QED) is 0.266. The van der Waals surface area contributed by atoms with Gasteiger partial charge in [0.05, 0.1) is 28.4 Å². The molecule has 2 aliphatic rings. The largest absolute Gasteiger partial charge is 0.367 e. The van der Waals surface area contributed by atoms with Crippen LogP contribution >= 0.6 is 0 Å². The molecule has 0 radical (unpaired) electrons. The summed E-state index contributed by atoms with van der Waals surface area (Å²) in [6.07, 6.45) is 5.44. The second-order valence-corrected chi connectivity index (χ2v) is 10.1. The number of H-pyrrole nitrogens is 1. The number of nitrogens with zero attached hydrogens (tertiary/aromatic N) is 2. The van der Waals surface area contributed by atoms with Crippen molar-refractivity contribution in [3.05, 3.63) is 77.4 Å². The van der Waals surface area contributed by atoms with Gasteiger partial charge >= 0.3 is 0 Å². The fourth-order valence-corrected chi connectivity index (χ4v) is 5.71. The summed E-state index contributed by atoms with van der Waals surface area (Å²) >= 11 is 0. The second kappa shape index (κ2) is 7.57. The highest BCUT2D eigenvalue weighted by atomic mass is 15.2. The molecule has 5 nitrogen and oxygen atoms in total. The standard InChI is InChI=1S/C30H29N5/c1-4-25-32-24-12-9-19-14-17(7-10-20(19)27(24)33-25)18-8-11-21-23(15-18)26-22(6-5-13-31-26)29-28(21)34-30(35-29)16(2)3/h5-8,10-11,13-16,25,32-33H,4,9,12H2,1-3H3,(H,34,35). The SMILES string of the molecule is CCC1NC2=C(N1)c1ccc(-c3ccc4c(c3)c3ncccc3c3nc(C(C)C)[nH]c43)cc1CC2. The lowest BCUT2D eigenvalue weighted by atomic mass is 9.89. The third-order valence-electron chi connectivity index (χ3n) is 7.61. The Morgan fingerprint density at radius 3 is 2.63 bits per heavy atom. The molecule has 2 aromatic heterocycles. The molecule has 1 aliphatic heterocycles. The minimum atomic E-state index is 0.340. The Kier molecular flexibility index (Phi) is 4.44. The molecule has 5 heteroatoms. The van der Waals surface area contributed by atoms with Crippen LogP contribution in [0.2, 0.25) is 0 Å². The minimum Gasteiger partial charge on any atom is -0.367 e. The summed E-state index contributed by atoms with van der Waals surface area (Å²) in [5.74, 6) is 1.36. The van der Waals surface area contributed by atoms with Crippen LogP contribution in [0.4, 0.5) is 0 Å². The number of imidazole rings is 1. The summed E-state index contributed by atoms with van der Waals surface area (Å²) in [7, 11) is 0. The predicted octanol–water partition coefficient (Wildman–Crippen LogP) is 6.60. The highest BCUT2D eigenvalue weighted by molar-refractivity contribution is 6.22. The fraction of sp³-hybridized carbons (Fsp3) is 0.267. The normalized spacial score (nSPS) is 17.2. The number of benzene rings is 3. The monoisotopic (exact) mass is 459 g/mol. The smallest absolute Gasteiger partial charge is 0.109 e. The van der Waals surface area contributed by atoms with Gasteiger partial charge in [0, 0.05) is 39.5 Å². The Balaban J connectivity index is 1.39. The number of aryl methyl sites for hydroxylation is 1. The highest BCUT2D eigenvalue weighted by Gasteiger charge is 2.27. The molecule has 3 aromatic carbocycles. The third-order valence-corrected chi connectivity index (χ3v) is 7.61. The van der Waals surface area contributed by atoms with Crippen molar-refractivity contribution < 1.29 is 0 Å². The van der Waals surface area contributed by atoms with Crippen LogP contribution < -0.4 is 10.6 Å². The van der Waals surface area contributed by atoms with Gasteiger partial charge in [0.2, 0.25) is 0 Å². The van der Waals surface area contributed by atoms with E-state index in [0.29, 0.717) is 12.1 Å². The predicted molar refractivity (Wildman–Crippen MR) is 144 cm³/mol. The van der Waals surface area contributed by atoms with E-state index in [-0.39, 0.29) is 0 Å². The van der Waals surface area contributed by atoms with E-state index in [0.717, 1.165) is 47.0 Å². The molecular weight excluding hydrogens is 430 g/mol. The summed E-state index contributed by atoms with van der Waals surface area (Å²) in [6.45, 7) is 6.56. The molecule has 0 bridgehead atoms. The zero-order valence-corrected chi connectivity index (χ0v) is 20.4. The van der Waals surface area contributed by atoms with E-state index >= 15 is 0 Å². The molecule has 0 spiro atoms. The maximum absolute atomic E-state index is 4.95. The van der Waals surface area contributed by atoms with Crippen LogP contribution in [0, 0.1) is 0 Å². The average molecular weight is 460 g/mol. The van der Waals surface area contributed by atoms with Gasteiger partial charge in [0.15, 0.2) is 0 Å². The maximum Gasteiger partial charge on any atom is 0.109 e. The third kappa shape index (κ3) is 3.07. The molecule has 0 amide bonds. The van der Waals surface area contributed by atoms with Gasteiger partial charge < -0.3 is 15.6 Å². The number of hydrogen-bond acceptors (Lipinski definition) is 4. The van der Waals surface area contributed by atoms with Crippen LogP contribution in [0.15, 0.2) is 60.4 Å². The van der Waals surface area contributed by atoms with E-state index in [9.17, 15) is 0 Å². The minimum absolute atomic E-state index is 0.340. The number of fused-ring (bicyclic) bond motifs is 8. The first kappa shape index (κ1) is 20.5. The molecule has 3 N–H and O–H groups in total. The van der Waals surface area contributed by atoms with E-state index in [1.165, 1.54) is 44.4 Å². The molecule has 0 fully saturated rings. The topological polar surface area (TPSA) is 65.6 Å². The second-order valence-electron chi connectivity index (χ2n) is 10.1. The average Bonchev–Trinajstić information content (AvgIpc) is 3.53. The molecule has 0 saturated carbocycles. The number of aromatic amines is 1. The summed E-state index contributed by atoms with van der Waals surface area (Å²) in [5.41, 5.74) is 11.0. The van der Waals surface area contributed by atoms with Gasteiger partial charge in [0.25, 0.3) is 0 Å². The number of allylic oxidation sites excluding steroid dienone is 1. The summed E-state index contributed by atoms with van der Waals surface area (Å²) in [5, 5.41) is 10.8. The van der Waals surface area contributed by atoms with Gasteiger partial charge in [-0.15, -0.1) is 0 Å². The molecular formula is C30H29N5. The molecule has 1 unspecified atom stereocenters. The lowest BCUT2D eigenvalue weighted by Crippen LogP contribution is -2.31. The first-order valence-electron chi connectivity index (χ1n) is 12.7. The molecule has 0 saturated heterocycles. The molecule has 5 aromatic rings. The number of hydrogen-bond donors (Lipinski definition) is 3. The zero-order valence-electron chi connectivity index (χ0n) is 20.4. The van der Waals surface area contributed by atoms with Gasteiger partial charge in [-0.3, -0.25) is 4.98 Å². The van der Waals surface area contributed by atoms with Gasteiger partial charge in [-0.25, -0.2) is 4.98 Å². The number of pyridine rings is 1. The van der Waals surface area contributed by atoms with E-state index in [4.69, 9.17) is 9.97 Å². The molecule has 7 rings (SSSR count). The van der Waals surface area contributed by atoms with Crippen LogP contribution in [0.25, 0.3) is 49.5 Å². The van der Waals surface area contributed by atoms with Crippen LogP contribution in [-0.2, 0) is 6.42 Å². The van der Waals surface area contributed by atoms with Crippen LogP contribution in [-0.4, -0.2) is 21.1 Å². The Morgan fingerprint density at radius 2 is 1.77 bits per heavy atom. The van der Waals surface area contributed by atoms with Crippen molar-refractivity contribution in [2.45, 2.75) is 52.1 Å². The van der Waals surface area contributed by atoms with E-state index in [1.54, 1.807) is 0 Å². The summed E-state index contributed by atoms with van der Waals surface area (Å²) in [6, 6.07) is 17.8. The van der Waals surface area contributed by atoms with Crippen molar-refractivity contribution in [3.63, 3.8) is 0 Å².